The van der Waals surface area contributed by atoms with E-state index in [0.717, 1.165) is 12.8 Å². The fourth-order valence-corrected chi connectivity index (χ4v) is 2.44. The molecule has 0 heterocycles. The lowest BCUT2D eigenvalue weighted by Crippen LogP contribution is -2.34. The summed E-state index contributed by atoms with van der Waals surface area (Å²) in [6.07, 6.45) is 3.89. The molecule has 1 saturated carbocycles. The average Bonchev–Trinajstić information content (AvgIpc) is 2.70. The Labute approximate surface area is 94.4 Å². The van der Waals surface area contributed by atoms with Crippen LogP contribution in [0.5, 0.6) is 0 Å². The minimum Gasteiger partial charge on any atom is -0.394 e. The average molecular weight is 233 g/mol. The number of aliphatic hydroxyl groups excluding tert-OH is 2. The molecule has 1 amide bonds. The third kappa shape index (κ3) is 5.39. The molecule has 1 aliphatic rings. The molecule has 0 bridgehead atoms. The van der Waals surface area contributed by atoms with Gasteiger partial charge in [-0.1, -0.05) is 12.8 Å². The molecule has 1 atom stereocenters. The monoisotopic (exact) mass is 233 g/mol. The van der Waals surface area contributed by atoms with Gasteiger partial charge in [-0.05, 0) is 12.8 Å². The Hall–Kier alpha value is -0.260. The topological polar surface area (TPSA) is 69.6 Å². The van der Waals surface area contributed by atoms with Gasteiger partial charge in [0.15, 0.2) is 0 Å². The molecule has 0 radical (unpaired) electrons. The summed E-state index contributed by atoms with van der Waals surface area (Å²) < 4.78 is 0. The molecule has 0 aromatic rings. The van der Waals surface area contributed by atoms with Crippen molar-refractivity contribution in [1.29, 1.82) is 0 Å². The molecule has 4 nitrogen and oxygen atoms in total. The van der Waals surface area contributed by atoms with E-state index >= 15 is 0 Å². The summed E-state index contributed by atoms with van der Waals surface area (Å²) >= 11 is 1.36. The molecule has 0 aromatic heterocycles. The van der Waals surface area contributed by atoms with E-state index in [-0.39, 0.29) is 12.5 Å². The second-order valence-corrected chi connectivity index (χ2v) is 4.93. The number of hydrogen-bond acceptors (Lipinski definition) is 4. The highest BCUT2D eigenvalue weighted by Crippen LogP contribution is 2.17. The molecule has 1 aliphatic carbocycles. The van der Waals surface area contributed by atoms with E-state index in [1.807, 2.05) is 0 Å². The number of thioether (sulfide) groups is 1. The Morgan fingerprint density at radius 1 is 1.47 bits per heavy atom. The first-order valence-corrected chi connectivity index (χ1v) is 6.54. The molecule has 0 aromatic carbocycles. The Morgan fingerprint density at radius 3 is 2.73 bits per heavy atom. The van der Waals surface area contributed by atoms with Crippen LogP contribution in [-0.2, 0) is 4.79 Å². The number of carbonyl (C=O) groups excluding carboxylic acids is 1. The number of hydrogen-bond donors (Lipinski definition) is 3. The van der Waals surface area contributed by atoms with E-state index < -0.39 is 6.10 Å². The maximum Gasteiger partial charge on any atom is 0.230 e. The Kier molecular flexibility index (Phi) is 6.05. The van der Waals surface area contributed by atoms with Crippen LogP contribution in [0.25, 0.3) is 0 Å². The highest BCUT2D eigenvalue weighted by atomic mass is 32.2. The van der Waals surface area contributed by atoms with Crippen LogP contribution in [-0.4, -0.2) is 46.4 Å². The summed E-state index contributed by atoms with van der Waals surface area (Å²) in [5, 5.41) is 20.6. The fraction of sp³-hybridized carbons (Fsp3) is 0.900. The molecule has 5 heteroatoms. The van der Waals surface area contributed by atoms with E-state index in [4.69, 9.17) is 10.2 Å². The van der Waals surface area contributed by atoms with Gasteiger partial charge in [0, 0.05) is 11.8 Å². The van der Waals surface area contributed by atoms with Crippen LogP contribution in [0.1, 0.15) is 25.7 Å². The normalized spacial score (nSPS) is 19.1. The molecule has 0 saturated heterocycles. The van der Waals surface area contributed by atoms with Gasteiger partial charge >= 0.3 is 0 Å². The summed E-state index contributed by atoms with van der Waals surface area (Å²) in [4.78, 5) is 11.4. The molecule has 88 valence electrons. The smallest absolute Gasteiger partial charge is 0.230 e. The van der Waals surface area contributed by atoms with Crippen molar-refractivity contribution in [3.8, 4) is 0 Å². The van der Waals surface area contributed by atoms with Gasteiger partial charge in [-0.2, -0.15) is 0 Å². The Balaban J connectivity index is 2.02. The first-order chi connectivity index (χ1) is 7.22. The van der Waals surface area contributed by atoms with Crippen molar-refractivity contribution in [2.75, 3.05) is 18.1 Å². The minimum absolute atomic E-state index is 0.0389. The van der Waals surface area contributed by atoms with Gasteiger partial charge in [-0.15, -0.1) is 11.8 Å². The predicted molar refractivity (Wildman–Crippen MR) is 60.8 cm³/mol. The molecule has 15 heavy (non-hydrogen) atoms. The first kappa shape index (κ1) is 12.8. The van der Waals surface area contributed by atoms with Crippen molar-refractivity contribution >= 4 is 17.7 Å². The quantitative estimate of drug-likeness (QED) is 0.610. The van der Waals surface area contributed by atoms with Gasteiger partial charge in [0.1, 0.15) is 0 Å². The predicted octanol–water partition coefficient (Wildman–Crippen LogP) is 0.132. The van der Waals surface area contributed by atoms with Crippen molar-refractivity contribution in [1.82, 2.24) is 5.32 Å². The highest BCUT2D eigenvalue weighted by molar-refractivity contribution is 7.99. The van der Waals surface area contributed by atoms with Crippen LogP contribution in [0.4, 0.5) is 0 Å². The van der Waals surface area contributed by atoms with Crippen molar-refractivity contribution in [3.63, 3.8) is 0 Å². The molecule has 0 aliphatic heterocycles. The van der Waals surface area contributed by atoms with Crippen molar-refractivity contribution in [3.05, 3.63) is 0 Å². The largest absolute Gasteiger partial charge is 0.394 e. The highest BCUT2D eigenvalue weighted by Gasteiger charge is 2.16. The Bertz CT molecular complexity index is 195. The van der Waals surface area contributed by atoms with Crippen LogP contribution in [0, 0.1) is 0 Å². The summed E-state index contributed by atoms with van der Waals surface area (Å²) in [5.74, 6) is 0.819. The Morgan fingerprint density at radius 2 is 2.13 bits per heavy atom. The lowest BCUT2D eigenvalue weighted by Gasteiger charge is -2.12. The molecule has 1 fully saturated rings. The van der Waals surface area contributed by atoms with Gasteiger partial charge in [0.25, 0.3) is 0 Å². The maximum absolute atomic E-state index is 11.4. The molecular weight excluding hydrogens is 214 g/mol. The summed E-state index contributed by atoms with van der Waals surface area (Å²) in [5.41, 5.74) is 0. The van der Waals surface area contributed by atoms with Gasteiger partial charge < -0.3 is 15.5 Å². The first-order valence-electron chi connectivity index (χ1n) is 5.38. The third-order valence-corrected chi connectivity index (χ3v) is 3.56. The number of nitrogens with one attached hydrogen (secondary N) is 1. The lowest BCUT2D eigenvalue weighted by atomic mass is 10.2. The van der Waals surface area contributed by atoms with E-state index in [2.05, 4.69) is 5.32 Å². The van der Waals surface area contributed by atoms with Crippen molar-refractivity contribution in [2.45, 2.75) is 37.8 Å². The number of amides is 1. The summed E-state index contributed by atoms with van der Waals surface area (Å²) in [6.45, 7) is -0.239. The number of carbonyl (C=O) groups is 1. The molecule has 1 unspecified atom stereocenters. The van der Waals surface area contributed by atoms with Crippen LogP contribution in [0.15, 0.2) is 0 Å². The van der Waals surface area contributed by atoms with Crippen LogP contribution in [0.2, 0.25) is 0 Å². The van der Waals surface area contributed by atoms with Crippen LogP contribution in [0.3, 0.4) is 0 Å². The van der Waals surface area contributed by atoms with Crippen molar-refractivity contribution in [2.24, 2.45) is 0 Å². The van der Waals surface area contributed by atoms with E-state index in [1.54, 1.807) is 0 Å². The molecule has 3 N–H and O–H groups in total. The minimum atomic E-state index is -0.714. The fourth-order valence-electron chi connectivity index (χ4n) is 1.68. The maximum atomic E-state index is 11.4. The zero-order valence-corrected chi connectivity index (χ0v) is 9.63. The van der Waals surface area contributed by atoms with E-state index in [1.165, 1.54) is 24.6 Å². The van der Waals surface area contributed by atoms with Crippen molar-refractivity contribution < 1.29 is 15.0 Å². The zero-order valence-electron chi connectivity index (χ0n) is 8.82. The molecule has 0 spiro atoms. The number of rotatable bonds is 6. The van der Waals surface area contributed by atoms with Gasteiger partial charge in [0.2, 0.25) is 5.91 Å². The van der Waals surface area contributed by atoms with Gasteiger partial charge in [0.05, 0.1) is 18.5 Å². The number of aliphatic hydroxyl groups is 2. The zero-order chi connectivity index (χ0) is 11.1. The van der Waals surface area contributed by atoms with E-state index in [0.29, 0.717) is 17.5 Å². The van der Waals surface area contributed by atoms with E-state index in [9.17, 15) is 4.79 Å². The van der Waals surface area contributed by atoms with Crippen LogP contribution < -0.4 is 5.32 Å². The third-order valence-electron chi connectivity index (χ3n) is 2.47. The molecular formula is C10H19NO3S. The van der Waals surface area contributed by atoms with Crippen LogP contribution >= 0.6 is 11.8 Å². The lowest BCUT2D eigenvalue weighted by molar-refractivity contribution is -0.119. The SMILES string of the molecule is O=C(CSCC(O)CO)NC1CCCC1. The summed E-state index contributed by atoms with van der Waals surface area (Å²) in [7, 11) is 0. The van der Waals surface area contributed by atoms with Gasteiger partial charge in [-0.25, -0.2) is 0 Å². The summed E-state index contributed by atoms with van der Waals surface area (Å²) in [6, 6.07) is 0.362. The molecule has 1 rings (SSSR count). The second-order valence-electron chi connectivity index (χ2n) is 3.90. The second kappa shape index (κ2) is 7.09. The van der Waals surface area contributed by atoms with Gasteiger partial charge in [-0.3, -0.25) is 4.79 Å². The standard InChI is InChI=1S/C10H19NO3S/c12-5-9(13)6-15-7-10(14)11-8-3-1-2-4-8/h8-9,12-13H,1-7H2,(H,11,14).